The van der Waals surface area contributed by atoms with E-state index in [0.717, 1.165) is 16.5 Å². The van der Waals surface area contributed by atoms with E-state index in [1.807, 2.05) is 13.8 Å². The van der Waals surface area contributed by atoms with Crippen molar-refractivity contribution in [2.45, 2.75) is 24.1 Å². The lowest BCUT2D eigenvalue weighted by molar-refractivity contribution is 0.430. The molecule has 0 saturated heterocycles. The van der Waals surface area contributed by atoms with Gasteiger partial charge in [0.2, 0.25) is 0 Å². The zero-order chi connectivity index (χ0) is 12.7. The summed E-state index contributed by atoms with van der Waals surface area (Å²) in [5.41, 5.74) is 0.868. The van der Waals surface area contributed by atoms with Crippen LogP contribution in [0.25, 0.3) is 5.78 Å². The Morgan fingerprint density at radius 1 is 1.33 bits per heavy atom. The van der Waals surface area contributed by atoms with Gasteiger partial charge in [0.15, 0.2) is 0 Å². The van der Waals surface area contributed by atoms with E-state index in [0.29, 0.717) is 16.2 Å². The van der Waals surface area contributed by atoms with Crippen molar-refractivity contribution in [3.05, 3.63) is 29.0 Å². The average Bonchev–Trinajstić information content (AvgIpc) is 2.86. The third kappa shape index (κ3) is 1.95. The van der Waals surface area contributed by atoms with Crippen molar-refractivity contribution in [2.24, 2.45) is 0 Å². The van der Waals surface area contributed by atoms with Gasteiger partial charge in [0.1, 0.15) is 22.3 Å². The van der Waals surface area contributed by atoms with Crippen LogP contribution >= 0.6 is 23.4 Å². The molecule has 6 nitrogen and oxygen atoms in total. The van der Waals surface area contributed by atoms with Gasteiger partial charge in [-0.2, -0.15) is 19.6 Å². The lowest BCUT2D eigenvalue weighted by atomic mass is 10.4. The maximum Gasteiger partial charge on any atom is 0.262 e. The van der Waals surface area contributed by atoms with Crippen LogP contribution < -0.4 is 0 Å². The van der Waals surface area contributed by atoms with Gasteiger partial charge in [0.05, 0.1) is 5.69 Å². The van der Waals surface area contributed by atoms with Crippen LogP contribution in [-0.4, -0.2) is 24.6 Å². The van der Waals surface area contributed by atoms with Crippen molar-refractivity contribution < 1.29 is 4.42 Å². The summed E-state index contributed by atoms with van der Waals surface area (Å²) in [6.07, 6.45) is 1.43. The minimum atomic E-state index is 0.359. The molecule has 0 saturated carbocycles. The first-order valence-electron chi connectivity index (χ1n) is 5.11. The first-order chi connectivity index (χ1) is 8.63. The molecule has 8 heteroatoms. The Morgan fingerprint density at radius 3 is 2.89 bits per heavy atom. The number of nitrogens with zero attached hydrogens (tertiary/aromatic N) is 5. The summed E-state index contributed by atoms with van der Waals surface area (Å²) in [5.74, 6) is 1.25. The minimum absolute atomic E-state index is 0.359. The molecule has 0 N–H and O–H groups in total. The van der Waals surface area contributed by atoms with Gasteiger partial charge in [0.25, 0.3) is 11.0 Å². The summed E-state index contributed by atoms with van der Waals surface area (Å²) >= 11 is 7.26. The van der Waals surface area contributed by atoms with E-state index in [2.05, 4.69) is 20.1 Å². The van der Waals surface area contributed by atoms with E-state index >= 15 is 0 Å². The van der Waals surface area contributed by atoms with Gasteiger partial charge in [-0.05, 0) is 25.6 Å². The lowest BCUT2D eigenvalue weighted by Gasteiger charge is -2.00. The van der Waals surface area contributed by atoms with Gasteiger partial charge in [-0.1, -0.05) is 11.6 Å². The number of hydrogen-bond donors (Lipinski definition) is 0. The summed E-state index contributed by atoms with van der Waals surface area (Å²) in [7, 11) is 0. The summed E-state index contributed by atoms with van der Waals surface area (Å²) in [4.78, 5) is 12.3. The molecule has 18 heavy (non-hydrogen) atoms. The number of oxazole rings is 1. The van der Waals surface area contributed by atoms with Gasteiger partial charge in [-0.3, -0.25) is 0 Å². The number of aromatic nitrogens is 5. The monoisotopic (exact) mass is 281 g/mol. The highest BCUT2D eigenvalue weighted by Crippen LogP contribution is 2.29. The Balaban J connectivity index is 2.06. The first kappa shape index (κ1) is 11.5. The summed E-state index contributed by atoms with van der Waals surface area (Å²) < 4.78 is 7.10. The second kappa shape index (κ2) is 4.25. The van der Waals surface area contributed by atoms with Crippen molar-refractivity contribution in [3.63, 3.8) is 0 Å². The topological polar surface area (TPSA) is 69.1 Å². The number of fused-ring (bicyclic) bond motifs is 1. The maximum atomic E-state index is 5.93. The highest BCUT2D eigenvalue weighted by molar-refractivity contribution is 7.99. The summed E-state index contributed by atoms with van der Waals surface area (Å²) in [6, 6.07) is 1.70. The molecule has 3 rings (SSSR count). The van der Waals surface area contributed by atoms with Crippen molar-refractivity contribution >= 4 is 29.1 Å². The molecule has 0 aromatic carbocycles. The molecule has 0 bridgehead atoms. The zero-order valence-electron chi connectivity index (χ0n) is 9.59. The summed E-state index contributed by atoms with van der Waals surface area (Å²) in [5, 5.41) is 5.74. The van der Waals surface area contributed by atoms with Crippen molar-refractivity contribution in [1.29, 1.82) is 0 Å². The largest absolute Gasteiger partial charge is 0.436 e. The van der Waals surface area contributed by atoms with Crippen molar-refractivity contribution in [3.8, 4) is 0 Å². The molecule has 0 aliphatic heterocycles. The molecule has 0 radical (unpaired) electrons. The van der Waals surface area contributed by atoms with Gasteiger partial charge in [0, 0.05) is 6.07 Å². The molecule has 3 aromatic heterocycles. The molecular formula is C10H8ClN5OS. The Kier molecular flexibility index (Phi) is 2.71. The summed E-state index contributed by atoms with van der Waals surface area (Å²) in [6.45, 7) is 3.77. The van der Waals surface area contributed by atoms with Crippen LogP contribution in [0.4, 0.5) is 0 Å². The Labute approximate surface area is 111 Å². The molecule has 0 amide bonds. The van der Waals surface area contributed by atoms with E-state index in [9.17, 15) is 0 Å². The predicted octanol–water partition coefficient (Wildman–Crippen LogP) is 2.53. The quantitative estimate of drug-likeness (QED) is 0.672. The SMILES string of the molecule is Cc1nc(Sc2cc(Cl)nc3ncnn23)oc1C. The fourth-order valence-corrected chi connectivity index (χ4v) is 2.56. The van der Waals surface area contributed by atoms with Crippen LogP contribution in [-0.2, 0) is 0 Å². The fraction of sp³-hybridized carbons (Fsp3) is 0.200. The lowest BCUT2D eigenvalue weighted by Crippen LogP contribution is -1.95. The molecule has 3 heterocycles. The Bertz CT molecular complexity index is 703. The van der Waals surface area contributed by atoms with Crippen molar-refractivity contribution in [2.75, 3.05) is 0 Å². The Hall–Kier alpha value is -1.60. The first-order valence-corrected chi connectivity index (χ1v) is 6.31. The van der Waals surface area contributed by atoms with E-state index in [4.69, 9.17) is 16.0 Å². The van der Waals surface area contributed by atoms with Gasteiger partial charge >= 0.3 is 0 Å². The molecule has 0 unspecified atom stereocenters. The smallest absolute Gasteiger partial charge is 0.262 e. The van der Waals surface area contributed by atoms with Crippen LogP contribution in [0, 0.1) is 13.8 Å². The van der Waals surface area contributed by atoms with Crippen LogP contribution in [0.3, 0.4) is 0 Å². The second-order valence-corrected chi connectivity index (χ2v) is 4.97. The van der Waals surface area contributed by atoms with Crippen LogP contribution in [0.5, 0.6) is 0 Å². The highest BCUT2D eigenvalue weighted by atomic mass is 35.5. The third-order valence-electron chi connectivity index (χ3n) is 2.39. The average molecular weight is 282 g/mol. The van der Waals surface area contributed by atoms with Crippen LogP contribution in [0.2, 0.25) is 5.15 Å². The third-order valence-corrected chi connectivity index (χ3v) is 3.43. The minimum Gasteiger partial charge on any atom is -0.436 e. The molecule has 0 atom stereocenters. The van der Waals surface area contributed by atoms with E-state index in [1.54, 1.807) is 10.6 Å². The van der Waals surface area contributed by atoms with Crippen molar-refractivity contribution in [1.82, 2.24) is 24.6 Å². The van der Waals surface area contributed by atoms with E-state index in [1.165, 1.54) is 18.1 Å². The molecule has 0 aliphatic carbocycles. The van der Waals surface area contributed by atoms with Crippen LogP contribution in [0.15, 0.2) is 27.1 Å². The second-order valence-electron chi connectivity index (χ2n) is 3.61. The number of aryl methyl sites for hydroxylation is 2. The predicted molar refractivity (Wildman–Crippen MR) is 65.9 cm³/mol. The van der Waals surface area contributed by atoms with Gasteiger partial charge in [-0.25, -0.2) is 4.98 Å². The van der Waals surface area contributed by atoms with E-state index < -0.39 is 0 Å². The zero-order valence-corrected chi connectivity index (χ0v) is 11.2. The van der Waals surface area contributed by atoms with Gasteiger partial charge < -0.3 is 4.42 Å². The van der Waals surface area contributed by atoms with Crippen LogP contribution in [0.1, 0.15) is 11.5 Å². The number of halogens is 1. The molecule has 0 aliphatic rings. The molecule has 0 fully saturated rings. The Morgan fingerprint density at radius 2 is 2.17 bits per heavy atom. The molecule has 92 valence electrons. The molecular weight excluding hydrogens is 274 g/mol. The standard InChI is InChI=1S/C10H8ClN5OS/c1-5-6(2)17-10(14-5)18-8-3-7(11)15-9-12-4-13-16(8)9/h3-4H,1-2H3. The normalized spacial score (nSPS) is 11.3. The van der Waals surface area contributed by atoms with E-state index in [-0.39, 0.29) is 0 Å². The number of rotatable bonds is 2. The molecule has 0 spiro atoms. The molecule has 3 aromatic rings. The maximum absolute atomic E-state index is 5.93. The highest BCUT2D eigenvalue weighted by Gasteiger charge is 2.12. The van der Waals surface area contributed by atoms with Gasteiger partial charge in [-0.15, -0.1) is 0 Å². The fourth-order valence-electron chi connectivity index (χ4n) is 1.41. The number of hydrogen-bond acceptors (Lipinski definition) is 6.